The number of likely N-dealkylation sites (tertiary alicyclic amines) is 1. The normalized spacial score (nSPS) is 25.1. The van der Waals surface area contributed by atoms with Gasteiger partial charge in [-0.15, -0.1) is 0 Å². The SMILES string of the molecule is NC1(C(CN2CCCC2)c2ccccc2)N=CNc2[nH]ncc21. The summed E-state index contributed by atoms with van der Waals surface area (Å²) in [6, 6.07) is 10.5. The van der Waals surface area contributed by atoms with E-state index in [0.717, 1.165) is 31.0 Å². The van der Waals surface area contributed by atoms with Crippen molar-refractivity contribution in [3.8, 4) is 0 Å². The average molecular weight is 310 g/mol. The Morgan fingerprint density at radius 1 is 1.22 bits per heavy atom. The van der Waals surface area contributed by atoms with Crippen molar-refractivity contribution in [3.05, 3.63) is 47.7 Å². The highest BCUT2D eigenvalue weighted by atomic mass is 15.2. The molecule has 4 rings (SSSR count). The van der Waals surface area contributed by atoms with E-state index in [1.165, 1.54) is 18.4 Å². The number of nitrogens with two attached hydrogens (primary N) is 1. The van der Waals surface area contributed by atoms with Crippen molar-refractivity contribution in [1.29, 1.82) is 0 Å². The van der Waals surface area contributed by atoms with Crippen LogP contribution in [0.5, 0.6) is 0 Å². The molecule has 0 bridgehead atoms. The molecule has 2 aliphatic heterocycles. The molecule has 0 saturated carbocycles. The molecule has 1 aromatic heterocycles. The molecule has 2 aromatic rings. The lowest BCUT2D eigenvalue weighted by Gasteiger charge is -2.38. The Bertz CT molecular complexity index is 688. The summed E-state index contributed by atoms with van der Waals surface area (Å²) in [6.45, 7) is 3.18. The first-order chi connectivity index (χ1) is 11.3. The molecule has 0 radical (unpaired) electrons. The third-order valence-electron chi connectivity index (χ3n) is 4.93. The highest BCUT2D eigenvalue weighted by molar-refractivity contribution is 5.79. The molecule has 2 atom stereocenters. The average Bonchev–Trinajstić information content (AvgIpc) is 3.25. The van der Waals surface area contributed by atoms with Gasteiger partial charge in [-0.25, -0.2) is 4.99 Å². The van der Waals surface area contributed by atoms with E-state index >= 15 is 0 Å². The van der Waals surface area contributed by atoms with Gasteiger partial charge in [0.05, 0.1) is 18.1 Å². The van der Waals surface area contributed by atoms with Crippen molar-refractivity contribution in [1.82, 2.24) is 15.1 Å². The highest BCUT2D eigenvalue weighted by Crippen LogP contribution is 2.41. The number of benzene rings is 1. The zero-order chi connectivity index (χ0) is 15.7. The summed E-state index contributed by atoms with van der Waals surface area (Å²) in [7, 11) is 0. The second-order valence-corrected chi connectivity index (χ2v) is 6.36. The summed E-state index contributed by atoms with van der Waals surface area (Å²) in [5.74, 6) is 0.918. The summed E-state index contributed by atoms with van der Waals surface area (Å²) in [5.41, 5.74) is 8.18. The van der Waals surface area contributed by atoms with Gasteiger partial charge in [-0.1, -0.05) is 30.3 Å². The molecule has 1 saturated heterocycles. The molecular weight excluding hydrogens is 288 g/mol. The van der Waals surface area contributed by atoms with Crippen LogP contribution in [0.4, 0.5) is 5.82 Å². The van der Waals surface area contributed by atoms with Crippen LogP contribution in [0.3, 0.4) is 0 Å². The van der Waals surface area contributed by atoms with Gasteiger partial charge in [-0.05, 0) is 31.5 Å². The van der Waals surface area contributed by atoms with E-state index in [0.29, 0.717) is 0 Å². The number of nitrogens with one attached hydrogen (secondary N) is 2. The Morgan fingerprint density at radius 2 is 2.00 bits per heavy atom. The van der Waals surface area contributed by atoms with Crippen LogP contribution in [0.1, 0.15) is 29.9 Å². The number of fused-ring (bicyclic) bond motifs is 1. The van der Waals surface area contributed by atoms with Crippen LogP contribution in [-0.4, -0.2) is 41.1 Å². The van der Waals surface area contributed by atoms with Gasteiger partial charge in [0.25, 0.3) is 0 Å². The predicted molar refractivity (Wildman–Crippen MR) is 91.4 cm³/mol. The topological polar surface area (TPSA) is 82.3 Å². The fraction of sp³-hybridized carbons (Fsp3) is 0.412. The van der Waals surface area contributed by atoms with E-state index in [-0.39, 0.29) is 5.92 Å². The zero-order valence-electron chi connectivity index (χ0n) is 13.1. The minimum atomic E-state index is -0.808. The summed E-state index contributed by atoms with van der Waals surface area (Å²) in [6.07, 6.45) is 6.00. The molecule has 120 valence electrons. The maximum Gasteiger partial charge on any atom is 0.148 e. The summed E-state index contributed by atoms with van der Waals surface area (Å²) in [4.78, 5) is 7.14. The van der Waals surface area contributed by atoms with Crippen LogP contribution >= 0.6 is 0 Å². The lowest BCUT2D eigenvalue weighted by molar-refractivity contribution is 0.249. The van der Waals surface area contributed by atoms with Gasteiger partial charge in [0.1, 0.15) is 11.5 Å². The van der Waals surface area contributed by atoms with Crippen LogP contribution in [-0.2, 0) is 5.66 Å². The highest BCUT2D eigenvalue weighted by Gasteiger charge is 2.42. The van der Waals surface area contributed by atoms with Crippen LogP contribution in [0.2, 0.25) is 0 Å². The van der Waals surface area contributed by atoms with E-state index in [1.807, 2.05) is 6.07 Å². The van der Waals surface area contributed by atoms with Gasteiger partial charge in [0.2, 0.25) is 0 Å². The Morgan fingerprint density at radius 3 is 2.78 bits per heavy atom. The minimum Gasteiger partial charge on any atom is -0.331 e. The Balaban J connectivity index is 1.75. The lowest BCUT2D eigenvalue weighted by Crippen LogP contribution is -2.47. The van der Waals surface area contributed by atoms with E-state index in [4.69, 9.17) is 5.73 Å². The summed E-state index contributed by atoms with van der Waals surface area (Å²) < 4.78 is 0. The van der Waals surface area contributed by atoms with Crippen molar-refractivity contribution < 1.29 is 0 Å². The van der Waals surface area contributed by atoms with Crippen molar-refractivity contribution >= 4 is 12.2 Å². The second kappa shape index (κ2) is 5.79. The summed E-state index contributed by atoms with van der Waals surface area (Å²) >= 11 is 0. The molecule has 2 aliphatic rings. The monoisotopic (exact) mass is 310 g/mol. The molecule has 6 heteroatoms. The van der Waals surface area contributed by atoms with Crippen LogP contribution in [0.25, 0.3) is 0 Å². The van der Waals surface area contributed by atoms with E-state index in [9.17, 15) is 0 Å². The van der Waals surface area contributed by atoms with Crippen LogP contribution < -0.4 is 11.1 Å². The number of hydrogen-bond donors (Lipinski definition) is 3. The van der Waals surface area contributed by atoms with Gasteiger partial charge in [0, 0.05) is 12.5 Å². The van der Waals surface area contributed by atoms with Crippen LogP contribution in [0, 0.1) is 0 Å². The van der Waals surface area contributed by atoms with Gasteiger partial charge in [-0.2, -0.15) is 5.10 Å². The maximum atomic E-state index is 6.84. The number of aromatic nitrogens is 2. The molecule has 0 aliphatic carbocycles. The third-order valence-corrected chi connectivity index (χ3v) is 4.93. The molecule has 0 spiro atoms. The smallest absolute Gasteiger partial charge is 0.148 e. The number of anilines is 1. The zero-order valence-corrected chi connectivity index (χ0v) is 13.1. The van der Waals surface area contributed by atoms with Gasteiger partial charge in [-0.3, -0.25) is 5.10 Å². The Kier molecular flexibility index (Phi) is 3.63. The molecular formula is C17H22N6. The third kappa shape index (κ3) is 2.54. The van der Waals surface area contributed by atoms with Crippen molar-refractivity contribution in [2.75, 3.05) is 25.0 Å². The Labute approximate surface area is 135 Å². The van der Waals surface area contributed by atoms with E-state index in [2.05, 4.69) is 49.7 Å². The molecule has 1 aromatic carbocycles. The second-order valence-electron chi connectivity index (χ2n) is 6.36. The maximum absolute atomic E-state index is 6.84. The fourth-order valence-corrected chi connectivity index (χ4v) is 3.66. The number of rotatable bonds is 4. The standard InChI is InChI=1S/C17H22N6/c18-17(14-10-21-22-16(14)19-12-20-17)15(11-23-8-4-5-9-23)13-6-2-1-3-7-13/h1-3,6-7,10,12,15H,4-5,8-9,11,18H2,(H2,19,20,21,22). The molecule has 6 nitrogen and oxygen atoms in total. The van der Waals surface area contributed by atoms with E-state index in [1.54, 1.807) is 12.5 Å². The molecule has 23 heavy (non-hydrogen) atoms. The molecule has 0 amide bonds. The number of nitrogens with zero attached hydrogens (tertiary/aromatic N) is 3. The first kappa shape index (κ1) is 14.4. The van der Waals surface area contributed by atoms with Crippen molar-refractivity contribution in [2.24, 2.45) is 10.7 Å². The molecule has 4 N–H and O–H groups in total. The van der Waals surface area contributed by atoms with E-state index < -0.39 is 5.66 Å². The van der Waals surface area contributed by atoms with Crippen LogP contribution in [0.15, 0.2) is 41.5 Å². The molecule has 3 heterocycles. The van der Waals surface area contributed by atoms with Gasteiger partial charge < -0.3 is 16.0 Å². The molecule has 2 unspecified atom stereocenters. The minimum absolute atomic E-state index is 0.0801. The van der Waals surface area contributed by atoms with Crippen molar-refractivity contribution in [3.63, 3.8) is 0 Å². The predicted octanol–water partition coefficient (Wildman–Crippen LogP) is 1.85. The number of hydrogen-bond acceptors (Lipinski definition) is 5. The van der Waals surface area contributed by atoms with Crippen molar-refractivity contribution in [2.45, 2.75) is 24.4 Å². The lowest BCUT2D eigenvalue weighted by atomic mass is 9.81. The number of H-pyrrole nitrogens is 1. The van der Waals surface area contributed by atoms with Gasteiger partial charge in [0.15, 0.2) is 0 Å². The largest absolute Gasteiger partial charge is 0.331 e. The summed E-state index contributed by atoms with van der Waals surface area (Å²) in [5, 5.41) is 10.2. The first-order valence-corrected chi connectivity index (χ1v) is 8.17. The Hall–Kier alpha value is -2.18. The number of aromatic amines is 1. The quantitative estimate of drug-likeness (QED) is 0.805. The van der Waals surface area contributed by atoms with Gasteiger partial charge >= 0.3 is 0 Å². The first-order valence-electron chi connectivity index (χ1n) is 8.17. The fourth-order valence-electron chi connectivity index (χ4n) is 3.66. The molecule has 1 fully saturated rings. The number of aliphatic imine (C=N–C) groups is 1.